The Kier molecular flexibility index (Phi) is 4.80. The van der Waals surface area contributed by atoms with Crippen molar-refractivity contribution in [1.82, 2.24) is 0 Å². The fraction of sp³-hybridized carbons (Fsp3) is 0.783. The summed E-state index contributed by atoms with van der Waals surface area (Å²) in [4.78, 5) is 35.9. The Balaban J connectivity index is 1.61. The van der Waals surface area contributed by atoms with E-state index < -0.39 is 12.1 Å². The summed E-state index contributed by atoms with van der Waals surface area (Å²) in [5.41, 5.74) is 0.894. The van der Waals surface area contributed by atoms with E-state index in [2.05, 4.69) is 13.8 Å². The van der Waals surface area contributed by atoms with Gasteiger partial charge in [0.2, 0.25) is 0 Å². The first-order chi connectivity index (χ1) is 13.2. The molecule has 0 saturated heterocycles. The summed E-state index contributed by atoms with van der Waals surface area (Å²) >= 11 is 0. The third-order valence-electron chi connectivity index (χ3n) is 8.70. The highest BCUT2D eigenvalue weighted by Gasteiger charge is 2.62. The van der Waals surface area contributed by atoms with Gasteiger partial charge in [-0.05, 0) is 73.2 Å². The monoisotopic (exact) mass is 388 g/mol. The summed E-state index contributed by atoms with van der Waals surface area (Å²) in [6.07, 6.45) is 7.12. The summed E-state index contributed by atoms with van der Waals surface area (Å²) in [6, 6.07) is 0. The van der Waals surface area contributed by atoms with Crippen molar-refractivity contribution >= 4 is 17.5 Å². The van der Waals surface area contributed by atoms with Gasteiger partial charge in [-0.25, -0.2) is 0 Å². The van der Waals surface area contributed by atoms with Crippen molar-refractivity contribution in [2.45, 2.75) is 71.8 Å². The zero-order chi connectivity index (χ0) is 20.3. The van der Waals surface area contributed by atoms with Gasteiger partial charge in [0.05, 0.1) is 6.10 Å². The highest BCUT2D eigenvalue weighted by molar-refractivity contribution is 5.91. The van der Waals surface area contributed by atoms with Gasteiger partial charge in [-0.1, -0.05) is 19.4 Å². The lowest BCUT2D eigenvalue weighted by atomic mass is 9.46. The maximum Gasteiger partial charge on any atom is 0.303 e. The van der Waals surface area contributed by atoms with Crippen LogP contribution in [0.2, 0.25) is 0 Å². The highest BCUT2D eigenvalue weighted by Crippen LogP contribution is 2.66. The third kappa shape index (κ3) is 2.89. The molecule has 5 heteroatoms. The highest BCUT2D eigenvalue weighted by atomic mass is 16.5. The molecule has 7 atom stereocenters. The summed E-state index contributed by atoms with van der Waals surface area (Å²) in [6.45, 7) is 5.58. The van der Waals surface area contributed by atoms with Crippen LogP contribution in [0.25, 0.3) is 0 Å². The van der Waals surface area contributed by atoms with Crippen LogP contribution in [0.5, 0.6) is 0 Å². The number of rotatable bonds is 3. The fourth-order valence-corrected chi connectivity index (χ4v) is 7.49. The number of ether oxygens (including phenoxy) is 1. The summed E-state index contributed by atoms with van der Waals surface area (Å²) in [5, 5.41) is 11.3. The van der Waals surface area contributed by atoms with E-state index in [1.807, 2.05) is 6.08 Å². The van der Waals surface area contributed by atoms with Crippen LogP contribution in [0.3, 0.4) is 0 Å². The van der Waals surface area contributed by atoms with E-state index in [9.17, 15) is 19.5 Å². The van der Waals surface area contributed by atoms with Crippen molar-refractivity contribution in [3.63, 3.8) is 0 Å². The minimum atomic E-state index is -0.463. The van der Waals surface area contributed by atoms with E-state index in [1.165, 1.54) is 12.5 Å². The molecule has 0 unspecified atom stereocenters. The van der Waals surface area contributed by atoms with E-state index in [1.54, 1.807) is 0 Å². The minimum absolute atomic E-state index is 0.00304. The molecule has 0 heterocycles. The second kappa shape index (κ2) is 6.79. The van der Waals surface area contributed by atoms with Crippen molar-refractivity contribution in [3.05, 3.63) is 11.6 Å². The zero-order valence-electron chi connectivity index (χ0n) is 17.2. The molecule has 0 bridgehead atoms. The number of aliphatic hydroxyl groups is 1. The second-order valence-electron chi connectivity index (χ2n) is 10.0. The molecule has 5 nitrogen and oxygen atoms in total. The van der Waals surface area contributed by atoms with Crippen molar-refractivity contribution in [3.8, 4) is 0 Å². The number of hydrogen-bond donors (Lipinski definition) is 1. The van der Waals surface area contributed by atoms with E-state index in [-0.39, 0.29) is 40.8 Å². The summed E-state index contributed by atoms with van der Waals surface area (Å²) in [7, 11) is 0. The number of carbonyl (C=O) groups excluding carboxylic acids is 3. The Morgan fingerprint density at radius 3 is 2.68 bits per heavy atom. The van der Waals surface area contributed by atoms with Crippen molar-refractivity contribution in [2.75, 3.05) is 6.61 Å². The van der Waals surface area contributed by atoms with Crippen LogP contribution in [0.15, 0.2) is 11.6 Å². The Morgan fingerprint density at radius 2 is 1.96 bits per heavy atom. The fourth-order valence-electron chi connectivity index (χ4n) is 7.49. The molecule has 28 heavy (non-hydrogen) atoms. The van der Waals surface area contributed by atoms with Crippen LogP contribution in [0.4, 0.5) is 0 Å². The van der Waals surface area contributed by atoms with Crippen LogP contribution < -0.4 is 0 Å². The molecule has 0 aromatic heterocycles. The molecule has 4 aliphatic carbocycles. The zero-order valence-corrected chi connectivity index (χ0v) is 17.2. The minimum Gasteiger partial charge on any atom is -0.458 e. The van der Waals surface area contributed by atoms with E-state index >= 15 is 0 Å². The Labute approximate surface area is 166 Å². The molecule has 0 radical (unpaired) electrons. The van der Waals surface area contributed by atoms with Gasteiger partial charge in [-0.2, -0.15) is 0 Å². The lowest BCUT2D eigenvalue weighted by Crippen LogP contribution is -2.57. The third-order valence-corrected chi connectivity index (χ3v) is 8.70. The van der Waals surface area contributed by atoms with Gasteiger partial charge in [-0.3, -0.25) is 14.4 Å². The largest absolute Gasteiger partial charge is 0.458 e. The molecule has 0 aliphatic heterocycles. The molecule has 3 saturated carbocycles. The molecular weight excluding hydrogens is 356 g/mol. The SMILES string of the molecule is CC(=O)OCC(=O)[C@@H]1CC[C@@H]2[C@@H]3CCC4=CC(=O)CC[C@]4(C)[C@@H]3[C@H](O)C[C@]21C. The van der Waals surface area contributed by atoms with Crippen molar-refractivity contribution in [1.29, 1.82) is 0 Å². The van der Waals surface area contributed by atoms with E-state index in [0.717, 1.165) is 32.1 Å². The van der Waals surface area contributed by atoms with Crippen LogP contribution >= 0.6 is 0 Å². The first kappa shape index (κ1) is 19.8. The lowest BCUT2D eigenvalue weighted by molar-refractivity contribution is -0.154. The summed E-state index contributed by atoms with van der Waals surface area (Å²) < 4.78 is 4.98. The molecule has 4 aliphatic rings. The molecule has 4 rings (SSSR count). The van der Waals surface area contributed by atoms with E-state index in [0.29, 0.717) is 24.7 Å². The maximum atomic E-state index is 12.8. The molecule has 0 spiro atoms. The van der Waals surface area contributed by atoms with Crippen LogP contribution in [-0.4, -0.2) is 35.4 Å². The number of carbonyl (C=O) groups is 3. The number of aliphatic hydroxyl groups excluding tert-OH is 1. The standard InChI is InChI=1S/C23H32O5/c1-13(24)28-12-20(27)18-7-6-17-16-5-4-14-10-15(25)8-9-22(14,2)21(16)19(26)11-23(17,18)3/h10,16-19,21,26H,4-9,11-12H2,1-3H3/t16-,17+,18-,19+,21-,22-,23+/m0/s1. The smallest absolute Gasteiger partial charge is 0.303 e. The first-order valence-electron chi connectivity index (χ1n) is 10.7. The number of Topliss-reactive ketones (excluding diaryl/α,β-unsaturated/α-hetero) is 1. The Bertz CT molecular complexity index is 739. The predicted octanol–water partition coefficient (Wildman–Crippen LogP) is 3.24. The molecule has 154 valence electrons. The number of hydrogen-bond acceptors (Lipinski definition) is 5. The Morgan fingerprint density at radius 1 is 1.21 bits per heavy atom. The van der Waals surface area contributed by atoms with Gasteiger partial charge in [0.15, 0.2) is 11.6 Å². The maximum absolute atomic E-state index is 12.8. The molecule has 0 aromatic carbocycles. The molecule has 3 fully saturated rings. The van der Waals surface area contributed by atoms with Crippen LogP contribution in [0.1, 0.15) is 65.7 Å². The number of esters is 1. The van der Waals surface area contributed by atoms with Crippen molar-refractivity contribution < 1.29 is 24.2 Å². The predicted molar refractivity (Wildman–Crippen MR) is 103 cm³/mol. The van der Waals surface area contributed by atoms with Gasteiger partial charge in [0, 0.05) is 19.3 Å². The molecule has 0 aromatic rings. The van der Waals surface area contributed by atoms with Gasteiger partial charge in [0.1, 0.15) is 6.61 Å². The van der Waals surface area contributed by atoms with Gasteiger partial charge >= 0.3 is 5.97 Å². The topological polar surface area (TPSA) is 80.7 Å². The van der Waals surface area contributed by atoms with Crippen molar-refractivity contribution in [2.24, 2.45) is 34.5 Å². The number of allylic oxidation sites excluding steroid dienone is 1. The molecule has 0 amide bonds. The average molecular weight is 389 g/mol. The first-order valence-corrected chi connectivity index (χ1v) is 10.7. The van der Waals surface area contributed by atoms with Gasteiger partial charge in [0.25, 0.3) is 0 Å². The Hall–Kier alpha value is -1.49. The second-order valence-corrected chi connectivity index (χ2v) is 10.0. The normalized spacial score (nSPS) is 44.8. The lowest BCUT2D eigenvalue weighted by Gasteiger charge is -2.59. The number of ketones is 2. The van der Waals surface area contributed by atoms with E-state index in [4.69, 9.17) is 4.74 Å². The number of fused-ring (bicyclic) bond motifs is 5. The van der Waals surface area contributed by atoms with Gasteiger partial charge < -0.3 is 9.84 Å². The van der Waals surface area contributed by atoms with Crippen LogP contribution in [-0.2, 0) is 19.1 Å². The summed E-state index contributed by atoms with van der Waals surface area (Å²) in [5.74, 6) is 0.600. The molecule has 1 N–H and O–H groups in total. The van der Waals surface area contributed by atoms with Gasteiger partial charge in [-0.15, -0.1) is 0 Å². The van der Waals surface area contributed by atoms with Crippen LogP contribution in [0, 0.1) is 34.5 Å². The average Bonchev–Trinajstić information content (AvgIpc) is 2.96. The quantitative estimate of drug-likeness (QED) is 0.751. The molecular formula is C23H32O5.